The van der Waals surface area contributed by atoms with Crippen LogP contribution in [-0.4, -0.2) is 18.1 Å². The Hall–Kier alpha value is -1.38. The highest BCUT2D eigenvalue weighted by molar-refractivity contribution is 5.36. The average Bonchev–Trinajstić information content (AvgIpc) is 2.23. The van der Waals surface area contributed by atoms with Crippen molar-refractivity contribution in [3.63, 3.8) is 0 Å². The molecule has 3 heteroatoms. The minimum atomic E-state index is 0.431. The summed E-state index contributed by atoms with van der Waals surface area (Å²) < 4.78 is 4.15. The van der Waals surface area contributed by atoms with Gasteiger partial charge in [0, 0.05) is 11.9 Å². The van der Waals surface area contributed by atoms with E-state index < -0.39 is 0 Å². The van der Waals surface area contributed by atoms with Gasteiger partial charge in [0.1, 0.15) is 0 Å². The average molecular weight is 223 g/mol. The molecule has 0 aromatic carbocycles. The van der Waals surface area contributed by atoms with Crippen LogP contribution in [0.1, 0.15) is 32.0 Å². The molecule has 0 aliphatic rings. The van der Waals surface area contributed by atoms with Crippen LogP contribution in [0.15, 0.2) is 18.3 Å². The van der Waals surface area contributed by atoms with Gasteiger partial charge in [-0.1, -0.05) is 19.9 Å². The summed E-state index contributed by atoms with van der Waals surface area (Å²) in [5.41, 5.74) is 2.55. The minimum absolute atomic E-state index is 0.431. The quantitative estimate of drug-likeness (QED) is 0.737. The van der Waals surface area contributed by atoms with Gasteiger partial charge in [0.05, 0.1) is 6.61 Å². The van der Waals surface area contributed by atoms with E-state index in [1.165, 1.54) is 11.3 Å². The van der Waals surface area contributed by atoms with Gasteiger partial charge in [-0.15, -0.1) is 0 Å². The van der Waals surface area contributed by atoms with Gasteiger partial charge in [0.15, 0.2) is 0 Å². The van der Waals surface area contributed by atoms with Crippen molar-refractivity contribution in [2.24, 2.45) is 5.92 Å². The molecule has 0 spiro atoms. The maximum Gasteiger partial charge on any atom is 0.293 e. The molecule has 0 bridgehead atoms. The number of aryl methyl sites for hydroxylation is 1. The number of hydrogen-bond donors (Lipinski definition) is 0. The number of carbonyl (C=O) groups excluding carboxylic acids is 1. The van der Waals surface area contributed by atoms with Crippen LogP contribution in [-0.2, 0) is 16.0 Å². The molecule has 0 saturated carbocycles. The Morgan fingerprint density at radius 3 is 2.56 bits per heavy atom. The lowest BCUT2D eigenvalue weighted by molar-refractivity contribution is -0.128. The van der Waals surface area contributed by atoms with Crippen molar-refractivity contribution in [2.45, 2.75) is 34.1 Å². The van der Waals surface area contributed by atoms with Crippen molar-refractivity contribution in [3.8, 4) is 0 Å². The Morgan fingerprint density at radius 1 is 1.50 bits per heavy atom. The van der Waals surface area contributed by atoms with Crippen molar-refractivity contribution in [3.05, 3.63) is 29.6 Å². The van der Waals surface area contributed by atoms with E-state index in [0.29, 0.717) is 13.1 Å². The zero-order valence-corrected chi connectivity index (χ0v) is 10.6. The van der Waals surface area contributed by atoms with Gasteiger partial charge in [-0.3, -0.25) is 9.78 Å². The summed E-state index contributed by atoms with van der Waals surface area (Å²) in [4.78, 5) is 13.4. The Bertz CT molecular complexity index is 298. The number of rotatable bonds is 4. The molecule has 1 rings (SSSR count). The second kappa shape index (κ2) is 8.89. The van der Waals surface area contributed by atoms with E-state index in [1.807, 2.05) is 12.3 Å². The van der Waals surface area contributed by atoms with Gasteiger partial charge in [-0.05, 0) is 37.8 Å². The van der Waals surface area contributed by atoms with Gasteiger partial charge >= 0.3 is 0 Å². The summed E-state index contributed by atoms with van der Waals surface area (Å²) in [5, 5.41) is 0. The molecular formula is C13H21NO2. The SMILES string of the molecule is CCOC=O.Cc1ncccc1CC(C)C. The molecule has 0 saturated heterocycles. The largest absolute Gasteiger partial charge is 0.468 e. The molecular weight excluding hydrogens is 202 g/mol. The smallest absolute Gasteiger partial charge is 0.293 e. The number of pyridine rings is 1. The highest BCUT2D eigenvalue weighted by atomic mass is 16.5. The fraction of sp³-hybridized carbons (Fsp3) is 0.538. The molecule has 0 unspecified atom stereocenters. The van der Waals surface area contributed by atoms with E-state index in [4.69, 9.17) is 0 Å². The van der Waals surface area contributed by atoms with Crippen molar-refractivity contribution in [2.75, 3.05) is 6.61 Å². The van der Waals surface area contributed by atoms with Gasteiger partial charge < -0.3 is 4.74 Å². The highest BCUT2D eigenvalue weighted by Gasteiger charge is 1.99. The molecule has 1 aromatic rings. The van der Waals surface area contributed by atoms with E-state index in [0.717, 1.165) is 12.3 Å². The van der Waals surface area contributed by atoms with Gasteiger partial charge in [0.2, 0.25) is 0 Å². The van der Waals surface area contributed by atoms with Crippen LogP contribution in [0, 0.1) is 12.8 Å². The van der Waals surface area contributed by atoms with Gasteiger partial charge in [0.25, 0.3) is 6.47 Å². The number of ether oxygens (including phenoxy) is 1. The topological polar surface area (TPSA) is 39.2 Å². The Morgan fingerprint density at radius 2 is 2.19 bits per heavy atom. The second-order valence-corrected chi connectivity index (χ2v) is 3.90. The molecule has 0 N–H and O–H groups in total. The first kappa shape index (κ1) is 14.6. The Balaban J connectivity index is 0.000000385. The fourth-order valence-corrected chi connectivity index (χ4v) is 1.24. The summed E-state index contributed by atoms with van der Waals surface area (Å²) in [7, 11) is 0. The molecule has 0 aliphatic carbocycles. The third-order valence-electron chi connectivity index (χ3n) is 1.98. The van der Waals surface area contributed by atoms with Gasteiger partial charge in [-0.25, -0.2) is 0 Å². The van der Waals surface area contributed by atoms with Crippen molar-refractivity contribution < 1.29 is 9.53 Å². The summed E-state index contributed by atoms with van der Waals surface area (Å²) in [6, 6.07) is 4.16. The molecule has 90 valence electrons. The fourth-order valence-electron chi connectivity index (χ4n) is 1.24. The molecule has 3 nitrogen and oxygen atoms in total. The second-order valence-electron chi connectivity index (χ2n) is 3.90. The molecule has 0 atom stereocenters. The van der Waals surface area contributed by atoms with Crippen LogP contribution in [0.2, 0.25) is 0 Å². The summed E-state index contributed by atoms with van der Waals surface area (Å²) in [6.07, 6.45) is 2.98. The van der Waals surface area contributed by atoms with Crippen molar-refractivity contribution in [1.29, 1.82) is 0 Å². The summed E-state index contributed by atoms with van der Waals surface area (Å²) in [6.45, 7) is 9.19. The predicted molar refractivity (Wildman–Crippen MR) is 65.2 cm³/mol. The van der Waals surface area contributed by atoms with Crippen molar-refractivity contribution >= 4 is 6.47 Å². The molecule has 1 heterocycles. The molecule has 0 amide bonds. The number of carbonyl (C=O) groups is 1. The molecule has 16 heavy (non-hydrogen) atoms. The van der Waals surface area contributed by atoms with Crippen LogP contribution in [0.5, 0.6) is 0 Å². The first-order valence-electron chi connectivity index (χ1n) is 5.57. The Labute approximate surface area is 97.9 Å². The normalized spacial score (nSPS) is 9.31. The van der Waals surface area contributed by atoms with E-state index in [9.17, 15) is 4.79 Å². The zero-order chi connectivity index (χ0) is 12.4. The van der Waals surface area contributed by atoms with Gasteiger partial charge in [-0.2, -0.15) is 0 Å². The molecule has 0 fully saturated rings. The number of hydrogen-bond acceptors (Lipinski definition) is 3. The molecule has 0 radical (unpaired) electrons. The summed E-state index contributed by atoms with van der Waals surface area (Å²) >= 11 is 0. The van der Waals surface area contributed by atoms with E-state index >= 15 is 0 Å². The van der Waals surface area contributed by atoms with Crippen LogP contribution in [0.4, 0.5) is 0 Å². The molecule has 1 aromatic heterocycles. The number of aromatic nitrogens is 1. The third-order valence-corrected chi connectivity index (χ3v) is 1.98. The minimum Gasteiger partial charge on any atom is -0.468 e. The maximum atomic E-state index is 9.18. The summed E-state index contributed by atoms with van der Waals surface area (Å²) in [5.74, 6) is 0.720. The third kappa shape index (κ3) is 6.98. The van der Waals surface area contributed by atoms with Crippen LogP contribution in [0.25, 0.3) is 0 Å². The van der Waals surface area contributed by atoms with Crippen LogP contribution >= 0.6 is 0 Å². The van der Waals surface area contributed by atoms with Crippen molar-refractivity contribution in [1.82, 2.24) is 4.98 Å². The van der Waals surface area contributed by atoms with Crippen LogP contribution in [0.3, 0.4) is 0 Å². The Kier molecular flexibility index (Phi) is 8.12. The zero-order valence-electron chi connectivity index (χ0n) is 10.6. The van der Waals surface area contributed by atoms with E-state index in [2.05, 4.69) is 36.6 Å². The predicted octanol–water partition coefficient (Wildman–Crippen LogP) is 2.77. The van der Waals surface area contributed by atoms with E-state index in [1.54, 1.807) is 6.92 Å². The highest BCUT2D eigenvalue weighted by Crippen LogP contribution is 2.09. The monoisotopic (exact) mass is 223 g/mol. The maximum absolute atomic E-state index is 9.18. The lowest BCUT2D eigenvalue weighted by atomic mass is 10.0. The molecule has 0 aliphatic heterocycles. The lowest BCUT2D eigenvalue weighted by Crippen LogP contribution is -1.97. The lowest BCUT2D eigenvalue weighted by Gasteiger charge is -2.06. The van der Waals surface area contributed by atoms with Crippen LogP contribution < -0.4 is 0 Å². The standard InChI is InChI=1S/C10H15N.C3H6O2/c1-8(2)7-10-5-4-6-11-9(10)3;1-2-5-3-4/h4-6,8H,7H2,1-3H3;3H,2H2,1H3. The first-order valence-corrected chi connectivity index (χ1v) is 5.57. The first-order chi connectivity index (χ1) is 7.61. The number of nitrogens with zero attached hydrogens (tertiary/aromatic N) is 1. The van der Waals surface area contributed by atoms with E-state index in [-0.39, 0.29) is 0 Å².